The Kier molecular flexibility index (Phi) is 3.86. The molecule has 0 spiro atoms. The topological polar surface area (TPSA) is 38.3 Å². The van der Waals surface area contributed by atoms with Gasteiger partial charge in [0, 0.05) is 0 Å². The van der Waals surface area contributed by atoms with Gasteiger partial charge in [-0.15, -0.1) is 0 Å². The molecule has 3 nitrogen and oxygen atoms in total. The zero-order valence-corrected chi connectivity index (χ0v) is 15.4. The second-order valence-electron chi connectivity index (χ2n) is 8.79. The highest BCUT2D eigenvalue weighted by atomic mass is 16.5. The quantitative estimate of drug-likeness (QED) is 0.741. The summed E-state index contributed by atoms with van der Waals surface area (Å²) in [4.78, 5) is 12.7. The minimum absolute atomic E-state index is 0.00901. The van der Waals surface area contributed by atoms with E-state index in [-0.39, 0.29) is 28.8 Å². The lowest BCUT2D eigenvalue weighted by Gasteiger charge is -2.29. The molecule has 0 saturated heterocycles. The van der Waals surface area contributed by atoms with Gasteiger partial charge in [0.2, 0.25) is 5.91 Å². The maximum absolute atomic E-state index is 12.7. The largest absolute Gasteiger partial charge is 0.483 e. The summed E-state index contributed by atoms with van der Waals surface area (Å²) in [5.74, 6) is 0.440. The minimum Gasteiger partial charge on any atom is -0.483 e. The Bertz CT molecular complexity index is 729. The lowest BCUT2D eigenvalue weighted by atomic mass is 9.80. The number of hydrogen-bond acceptors (Lipinski definition) is 2. The number of allylic oxidation sites excluding steroid dienone is 2. The van der Waals surface area contributed by atoms with Crippen LogP contribution in [0, 0.1) is 11.3 Å². The van der Waals surface area contributed by atoms with E-state index in [1.54, 1.807) is 0 Å². The second-order valence-corrected chi connectivity index (χ2v) is 8.79. The molecule has 1 aromatic rings. The Balaban J connectivity index is 1.99. The molecule has 2 atom stereocenters. The lowest BCUT2D eigenvalue weighted by molar-refractivity contribution is -0.119. The van der Waals surface area contributed by atoms with Crippen molar-refractivity contribution < 1.29 is 9.53 Å². The monoisotopic (exact) mass is 325 g/mol. The fourth-order valence-electron chi connectivity index (χ4n) is 3.06. The van der Waals surface area contributed by atoms with Crippen molar-refractivity contribution in [3.8, 4) is 5.75 Å². The van der Waals surface area contributed by atoms with Crippen LogP contribution in [0.4, 0.5) is 5.69 Å². The van der Waals surface area contributed by atoms with Gasteiger partial charge in [-0.2, -0.15) is 0 Å². The van der Waals surface area contributed by atoms with Gasteiger partial charge in [-0.05, 0) is 40.2 Å². The molecule has 2 aliphatic rings. The summed E-state index contributed by atoms with van der Waals surface area (Å²) in [6, 6.07) is 6.09. The van der Waals surface area contributed by atoms with Crippen molar-refractivity contribution in [3.63, 3.8) is 0 Å². The predicted octanol–water partition coefficient (Wildman–Crippen LogP) is 4.84. The number of hydrogen-bond donors (Lipinski definition) is 1. The van der Waals surface area contributed by atoms with E-state index in [1.807, 2.05) is 18.2 Å². The van der Waals surface area contributed by atoms with Crippen LogP contribution in [0.15, 0.2) is 42.0 Å². The number of fused-ring (bicyclic) bond motifs is 2. The van der Waals surface area contributed by atoms with Crippen LogP contribution in [-0.2, 0) is 10.2 Å². The highest BCUT2D eigenvalue weighted by Gasteiger charge is 2.35. The average molecular weight is 325 g/mol. The van der Waals surface area contributed by atoms with Crippen LogP contribution in [0.3, 0.4) is 0 Å². The van der Waals surface area contributed by atoms with Crippen molar-refractivity contribution in [1.29, 1.82) is 0 Å². The SMILES string of the molecule is CC(C)(C)C1=CC2Oc3ccc(C(C)(C)C)cc3NC(=O)C2C=C1. The van der Waals surface area contributed by atoms with E-state index in [0.717, 1.165) is 11.4 Å². The van der Waals surface area contributed by atoms with E-state index >= 15 is 0 Å². The third-order valence-corrected chi connectivity index (χ3v) is 4.72. The summed E-state index contributed by atoms with van der Waals surface area (Å²) in [5.41, 5.74) is 3.20. The first-order valence-electron chi connectivity index (χ1n) is 8.58. The molecule has 24 heavy (non-hydrogen) atoms. The van der Waals surface area contributed by atoms with Crippen molar-refractivity contribution in [2.75, 3.05) is 5.32 Å². The van der Waals surface area contributed by atoms with Crippen molar-refractivity contribution >= 4 is 11.6 Å². The van der Waals surface area contributed by atoms with Gasteiger partial charge in [-0.25, -0.2) is 0 Å². The van der Waals surface area contributed by atoms with Crippen LogP contribution in [0.5, 0.6) is 5.75 Å². The molecular weight excluding hydrogens is 298 g/mol. The van der Waals surface area contributed by atoms with Crippen molar-refractivity contribution in [2.24, 2.45) is 11.3 Å². The van der Waals surface area contributed by atoms with E-state index in [4.69, 9.17) is 4.74 Å². The Morgan fingerprint density at radius 2 is 1.75 bits per heavy atom. The van der Waals surface area contributed by atoms with Gasteiger partial charge in [0.25, 0.3) is 0 Å². The smallest absolute Gasteiger partial charge is 0.235 e. The van der Waals surface area contributed by atoms with E-state index in [2.05, 4.69) is 65.1 Å². The van der Waals surface area contributed by atoms with Crippen LogP contribution in [0.2, 0.25) is 0 Å². The lowest BCUT2D eigenvalue weighted by Crippen LogP contribution is -2.34. The Morgan fingerprint density at radius 3 is 2.38 bits per heavy atom. The number of nitrogens with one attached hydrogen (secondary N) is 1. The second kappa shape index (κ2) is 5.51. The van der Waals surface area contributed by atoms with Crippen LogP contribution >= 0.6 is 0 Å². The summed E-state index contributed by atoms with van der Waals surface area (Å²) in [5, 5.41) is 3.04. The van der Waals surface area contributed by atoms with Crippen molar-refractivity contribution in [2.45, 2.75) is 53.1 Å². The summed E-state index contributed by atoms with van der Waals surface area (Å²) in [6.07, 6.45) is 5.86. The van der Waals surface area contributed by atoms with Crippen LogP contribution in [0.25, 0.3) is 0 Å². The van der Waals surface area contributed by atoms with E-state index in [9.17, 15) is 4.79 Å². The maximum atomic E-state index is 12.7. The molecule has 3 heteroatoms. The number of benzene rings is 1. The normalized spacial score (nSPS) is 23.4. The zero-order chi connectivity index (χ0) is 17.7. The van der Waals surface area contributed by atoms with Crippen LogP contribution in [0.1, 0.15) is 47.1 Å². The molecule has 1 aliphatic carbocycles. The molecular formula is C21H27NO2. The van der Waals surface area contributed by atoms with E-state index in [0.29, 0.717) is 0 Å². The summed E-state index contributed by atoms with van der Waals surface area (Å²) >= 11 is 0. The van der Waals surface area contributed by atoms with Gasteiger partial charge in [0.05, 0.1) is 11.6 Å². The minimum atomic E-state index is -0.290. The molecule has 1 N–H and O–H groups in total. The molecule has 0 radical (unpaired) electrons. The third kappa shape index (κ3) is 3.12. The molecule has 0 fully saturated rings. The van der Waals surface area contributed by atoms with Gasteiger partial charge in [-0.1, -0.05) is 59.8 Å². The number of ether oxygens (including phenoxy) is 1. The summed E-state index contributed by atoms with van der Waals surface area (Å²) in [6.45, 7) is 13.0. The molecule has 0 saturated carbocycles. The predicted molar refractivity (Wildman–Crippen MR) is 98.4 cm³/mol. The fourth-order valence-corrected chi connectivity index (χ4v) is 3.06. The Morgan fingerprint density at radius 1 is 1.04 bits per heavy atom. The van der Waals surface area contributed by atoms with Crippen molar-refractivity contribution in [3.05, 3.63) is 47.6 Å². The van der Waals surface area contributed by atoms with E-state index < -0.39 is 0 Å². The molecule has 1 amide bonds. The van der Waals surface area contributed by atoms with Crippen molar-refractivity contribution in [1.82, 2.24) is 0 Å². The number of rotatable bonds is 0. The first kappa shape index (κ1) is 16.8. The fraction of sp³-hybridized carbons (Fsp3) is 0.476. The van der Waals surface area contributed by atoms with Gasteiger partial charge >= 0.3 is 0 Å². The maximum Gasteiger partial charge on any atom is 0.235 e. The third-order valence-electron chi connectivity index (χ3n) is 4.72. The Hall–Kier alpha value is -2.03. The average Bonchev–Trinajstić information content (AvgIpc) is 2.60. The van der Waals surface area contributed by atoms with Crippen LogP contribution in [-0.4, -0.2) is 12.0 Å². The molecule has 1 heterocycles. The first-order chi connectivity index (χ1) is 11.1. The van der Waals surface area contributed by atoms with Gasteiger partial charge < -0.3 is 10.1 Å². The number of anilines is 1. The molecule has 0 bridgehead atoms. The van der Waals surface area contributed by atoms with Gasteiger partial charge in [0.15, 0.2) is 0 Å². The summed E-state index contributed by atoms with van der Waals surface area (Å²) in [7, 11) is 0. The number of carbonyl (C=O) groups excluding carboxylic acids is 1. The van der Waals surface area contributed by atoms with Gasteiger partial charge in [0.1, 0.15) is 11.9 Å². The molecule has 128 valence electrons. The molecule has 0 aromatic heterocycles. The molecule has 3 rings (SSSR count). The van der Waals surface area contributed by atoms with Gasteiger partial charge in [-0.3, -0.25) is 4.79 Å². The highest BCUT2D eigenvalue weighted by molar-refractivity contribution is 5.96. The number of amides is 1. The molecule has 2 unspecified atom stereocenters. The standard InChI is InChI=1S/C21H27NO2/c1-20(2,3)13-8-10-17-16(11-13)22-19(23)15-9-7-14(21(4,5)6)12-18(15)24-17/h7-12,15,18H,1-6H3,(H,22,23). The first-order valence-corrected chi connectivity index (χ1v) is 8.58. The number of carbonyl (C=O) groups is 1. The van der Waals surface area contributed by atoms with E-state index in [1.165, 1.54) is 11.1 Å². The Labute approximate surface area is 144 Å². The highest BCUT2D eigenvalue weighted by Crippen LogP contribution is 2.38. The summed E-state index contributed by atoms with van der Waals surface area (Å²) < 4.78 is 6.21. The molecule has 1 aliphatic heterocycles. The molecule has 1 aromatic carbocycles. The van der Waals surface area contributed by atoms with Crippen LogP contribution < -0.4 is 10.1 Å². The zero-order valence-electron chi connectivity index (χ0n) is 15.4.